The first kappa shape index (κ1) is 61.6. The topological polar surface area (TPSA) is 235 Å². The minimum atomic E-state index is -0.892. The number of likely N-dealkylation sites (N-methyl/N-ethyl adjacent to an activating group) is 2. The van der Waals surface area contributed by atoms with Crippen molar-refractivity contribution in [2.24, 2.45) is 0 Å². The smallest absolute Gasteiger partial charge is 0.328 e. The van der Waals surface area contributed by atoms with Crippen LogP contribution in [0.15, 0.2) is 85.2 Å². The predicted octanol–water partition coefficient (Wildman–Crippen LogP) is 6.27. The van der Waals surface area contributed by atoms with Crippen LogP contribution in [0.1, 0.15) is 87.5 Å². The Balaban J connectivity index is 0.000000192. The Morgan fingerprint density at radius 1 is 0.627 bits per heavy atom. The number of nitrogens with zero attached hydrogens (tertiary/aromatic N) is 13. The van der Waals surface area contributed by atoms with Crippen LogP contribution in [0.5, 0.6) is 0 Å². The molecule has 4 aliphatic rings. The van der Waals surface area contributed by atoms with Gasteiger partial charge in [0.15, 0.2) is 11.3 Å². The third-order valence-electron chi connectivity index (χ3n) is 14.9. The Morgan fingerprint density at radius 2 is 1.06 bits per heavy atom. The third-order valence-corrected chi connectivity index (χ3v) is 14.9. The molecule has 0 bridgehead atoms. The molecule has 4 fully saturated rings. The van der Waals surface area contributed by atoms with Gasteiger partial charge in [0.2, 0.25) is 29.7 Å². The second-order valence-corrected chi connectivity index (χ2v) is 22.5. The van der Waals surface area contributed by atoms with E-state index >= 15 is 0 Å². The number of aromatic nitrogens is 8. The van der Waals surface area contributed by atoms with Gasteiger partial charge in [-0.25, -0.2) is 4.79 Å². The molecule has 6 aromatic rings. The minimum absolute atomic E-state index is 0.0828. The summed E-state index contributed by atoms with van der Waals surface area (Å²) in [6, 6.07) is 17.7. The largest absolute Gasteiger partial charge is 0.478 e. The summed E-state index contributed by atoms with van der Waals surface area (Å²) in [4.78, 5) is 52.5. The van der Waals surface area contributed by atoms with E-state index in [9.17, 15) is 9.59 Å². The van der Waals surface area contributed by atoms with Crippen LogP contribution in [-0.4, -0.2) is 203 Å². The molecular weight excluding hydrogens is 1050 g/mol. The van der Waals surface area contributed by atoms with Gasteiger partial charge in [-0.15, -0.1) is 0 Å². The van der Waals surface area contributed by atoms with Crippen molar-refractivity contribution in [3.05, 3.63) is 107 Å². The van der Waals surface area contributed by atoms with E-state index in [1.165, 1.54) is 22.5 Å². The number of carboxylic acids is 1. The van der Waals surface area contributed by atoms with Crippen molar-refractivity contribution in [1.82, 2.24) is 59.2 Å². The fourth-order valence-corrected chi connectivity index (χ4v) is 10.2. The van der Waals surface area contributed by atoms with Crippen LogP contribution in [-0.2, 0) is 32.2 Å². The summed E-state index contributed by atoms with van der Waals surface area (Å²) in [6.45, 7) is 21.4. The zero-order chi connectivity index (χ0) is 58.7. The van der Waals surface area contributed by atoms with Gasteiger partial charge in [0, 0.05) is 152 Å². The van der Waals surface area contributed by atoms with Crippen LogP contribution < -0.4 is 36.4 Å². The molecule has 83 heavy (non-hydrogen) atoms. The molecule has 10 rings (SSSR count). The second kappa shape index (κ2) is 30.7. The average Bonchev–Trinajstić information content (AvgIpc) is 4.36. The molecule has 4 aliphatic heterocycles. The predicted molar refractivity (Wildman–Crippen MR) is 329 cm³/mol. The first-order valence-corrected chi connectivity index (χ1v) is 29.4. The molecule has 6 N–H and O–H groups in total. The molecule has 1 amide bonds. The van der Waals surface area contributed by atoms with E-state index in [0.29, 0.717) is 80.4 Å². The standard InChI is InChI=1S/C30H43N9O2.C24H34N8O.C6H11NO2/c1-22(2)25-21-32-39-28(25)34-29(33-24-11-18-41-19-12-24)35-30(39)31-20-23-8-5-6-9-26(23)37-14-16-38(17-15-37)27(40)10-7-13-36(3)4;1-17(2)20-16-27-32-22(20)29-23(28-19-7-13-33-14-8-19)30-24(32)26-15-18-5-3-4-6-21(18)31-11-9-25-10-12-31;1-7(2)5-3-4-6(8)9/h5-10,21-22,24H,11-20H2,1-4H3,(H2,31,33,34,35);3-6,16-17,19,25H,7-15H2,1-2H3,(H2,26,28,29,30);3-4H,5H2,1-2H3,(H,8,9)/b10-7+;;4-3+. The number of fused-ring (bicyclic) bond motifs is 2. The fourth-order valence-electron chi connectivity index (χ4n) is 10.2. The summed E-state index contributed by atoms with van der Waals surface area (Å²) in [5.41, 5.74) is 8.76. The lowest BCUT2D eigenvalue weighted by molar-refractivity contribution is -0.131. The Kier molecular flexibility index (Phi) is 22.8. The molecule has 4 saturated heterocycles. The van der Waals surface area contributed by atoms with E-state index in [1.54, 1.807) is 16.7 Å². The van der Waals surface area contributed by atoms with Gasteiger partial charge in [0.05, 0.1) is 12.4 Å². The van der Waals surface area contributed by atoms with Crippen molar-refractivity contribution in [3.63, 3.8) is 0 Å². The van der Waals surface area contributed by atoms with Crippen molar-refractivity contribution >= 4 is 58.3 Å². The Hall–Kier alpha value is -7.44. The monoisotopic (exact) mass is 1140 g/mol. The molecule has 0 spiro atoms. The summed E-state index contributed by atoms with van der Waals surface area (Å²) in [5, 5.41) is 35.0. The summed E-state index contributed by atoms with van der Waals surface area (Å²) in [6.07, 6.45) is 14.0. The molecule has 448 valence electrons. The number of carbonyl (C=O) groups excluding carboxylic acids is 1. The van der Waals surface area contributed by atoms with E-state index in [0.717, 1.165) is 126 Å². The van der Waals surface area contributed by atoms with Gasteiger partial charge in [-0.3, -0.25) is 4.79 Å². The summed E-state index contributed by atoms with van der Waals surface area (Å²) < 4.78 is 14.7. The molecule has 2 aromatic carbocycles. The normalized spacial score (nSPS) is 16.5. The Bertz CT molecular complexity index is 3060. The highest BCUT2D eigenvalue weighted by Crippen LogP contribution is 2.28. The van der Waals surface area contributed by atoms with Crippen molar-refractivity contribution in [2.75, 3.05) is 151 Å². The quantitative estimate of drug-likeness (QED) is 0.0463. The summed E-state index contributed by atoms with van der Waals surface area (Å²) >= 11 is 0. The van der Waals surface area contributed by atoms with E-state index in [2.05, 4.69) is 123 Å². The number of hydrogen-bond donors (Lipinski definition) is 6. The number of ether oxygens (including phenoxy) is 2. The number of anilines is 6. The highest BCUT2D eigenvalue weighted by molar-refractivity contribution is 5.87. The number of para-hydroxylation sites is 2. The Morgan fingerprint density at radius 3 is 1.49 bits per heavy atom. The van der Waals surface area contributed by atoms with Gasteiger partial charge < -0.3 is 65.7 Å². The van der Waals surface area contributed by atoms with Crippen molar-refractivity contribution in [1.29, 1.82) is 0 Å². The van der Waals surface area contributed by atoms with E-state index in [1.807, 2.05) is 65.9 Å². The highest BCUT2D eigenvalue weighted by atomic mass is 16.5. The highest BCUT2D eigenvalue weighted by Gasteiger charge is 2.24. The minimum Gasteiger partial charge on any atom is -0.478 e. The molecule has 23 heteroatoms. The number of piperazine rings is 2. The molecule has 23 nitrogen and oxygen atoms in total. The SMILES string of the molecule is CC(C)c1cnn2c(NCc3ccccc3N3CCN(C(=O)/C=C/CN(C)C)CC3)nc(NC3CCOCC3)nc12.CC(C)c1cnn2c(NCc3ccccc3N3CCNCC3)nc(NC3CCOCC3)nc12.CN(C)C/C=C/C(=O)O. The fraction of sp³-hybridized carbons (Fsp3) is 0.533. The van der Waals surface area contributed by atoms with E-state index < -0.39 is 5.97 Å². The number of nitrogens with one attached hydrogen (secondary N) is 5. The van der Waals surface area contributed by atoms with Gasteiger partial charge in [-0.2, -0.15) is 39.2 Å². The zero-order valence-electron chi connectivity index (χ0n) is 49.9. The van der Waals surface area contributed by atoms with Crippen LogP contribution in [0.25, 0.3) is 11.3 Å². The molecule has 0 atom stereocenters. The van der Waals surface area contributed by atoms with Gasteiger partial charge >= 0.3 is 5.97 Å². The molecule has 0 aliphatic carbocycles. The maximum Gasteiger partial charge on any atom is 0.328 e. The molecule has 8 heterocycles. The van der Waals surface area contributed by atoms with Crippen molar-refractivity contribution in [2.45, 2.75) is 90.4 Å². The zero-order valence-corrected chi connectivity index (χ0v) is 49.9. The number of carboxylic acid groups (broad SMARTS) is 1. The van der Waals surface area contributed by atoms with Crippen LogP contribution >= 0.6 is 0 Å². The lowest BCUT2D eigenvalue weighted by Gasteiger charge is -2.36. The van der Waals surface area contributed by atoms with Gasteiger partial charge in [-0.05, 0) is 89.0 Å². The number of amides is 1. The maximum absolute atomic E-state index is 12.6. The molecule has 4 aromatic heterocycles. The number of rotatable bonds is 20. The van der Waals surface area contributed by atoms with Crippen LogP contribution in [0.3, 0.4) is 0 Å². The number of benzene rings is 2. The second-order valence-electron chi connectivity index (χ2n) is 22.5. The Labute approximate surface area is 488 Å². The number of aliphatic carboxylic acids is 1. The number of carbonyl (C=O) groups is 2. The van der Waals surface area contributed by atoms with E-state index in [4.69, 9.17) is 34.5 Å². The van der Waals surface area contributed by atoms with Gasteiger partial charge in [0.25, 0.3) is 0 Å². The van der Waals surface area contributed by atoms with Crippen molar-refractivity contribution < 1.29 is 24.2 Å². The number of hydrogen-bond acceptors (Lipinski definition) is 19. The molecule has 0 radical (unpaired) electrons. The lowest BCUT2D eigenvalue weighted by Crippen LogP contribution is -2.48. The summed E-state index contributed by atoms with van der Waals surface area (Å²) in [7, 11) is 7.75. The van der Waals surface area contributed by atoms with Crippen molar-refractivity contribution in [3.8, 4) is 0 Å². The first-order chi connectivity index (χ1) is 40.2. The van der Waals surface area contributed by atoms with E-state index in [-0.39, 0.29) is 5.91 Å². The first-order valence-electron chi connectivity index (χ1n) is 29.4. The molecular formula is C60H88N18O5. The average molecular weight is 1140 g/mol. The third kappa shape index (κ3) is 17.8. The molecule has 0 unspecified atom stereocenters. The maximum atomic E-state index is 12.6. The van der Waals surface area contributed by atoms with Gasteiger partial charge in [0.1, 0.15) is 0 Å². The van der Waals surface area contributed by atoms with Crippen LogP contribution in [0.2, 0.25) is 0 Å². The lowest BCUT2D eigenvalue weighted by atomic mass is 10.1. The molecule has 0 saturated carbocycles. The van der Waals surface area contributed by atoms with Crippen LogP contribution in [0.4, 0.5) is 35.2 Å². The summed E-state index contributed by atoms with van der Waals surface area (Å²) in [5.74, 6) is 2.44. The van der Waals surface area contributed by atoms with Crippen LogP contribution in [0, 0.1) is 0 Å². The van der Waals surface area contributed by atoms with Gasteiger partial charge in [-0.1, -0.05) is 76.2 Å².